The molecule has 0 unspecified atom stereocenters. The van der Waals surface area contributed by atoms with Crippen LogP contribution in [0.2, 0.25) is 13.1 Å². The number of rotatable bonds is 2. The van der Waals surface area contributed by atoms with E-state index in [1.54, 1.807) is 0 Å². The average molecular weight is 659 g/mol. The second kappa shape index (κ2) is 16.3. The van der Waals surface area contributed by atoms with Crippen LogP contribution in [0.1, 0.15) is 22.3 Å². The third-order valence-corrected chi connectivity index (χ3v) is 6.67. The van der Waals surface area contributed by atoms with Crippen molar-refractivity contribution in [2.75, 3.05) is 0 Å². The van der Waals surface area contributed by atoms with Crippen molar-refractivity contribution in [1.29, 1.82) is 0 Å². The van der Waals surface area contributed by atoms with Gasteiger partial charge in [-0.3, -0.25) is 0 Å². The van der Waals surface area contributed by atoms with Crippen LogP contribution in [0.5, 0.6) is 0 Å². The average Bonchev–Trinajstić information content (AvgIpc) is 3.55. The van der Waals surface area contributed by atoms with Gasteiger partial charge in [0.1, 0.15) is 0 Å². The number of halogens is 2. The zero-order valence-electron chi connectivity index (χ0n) is 24.1. The van der Waals surface area contributed by atoms with Crippen molar-refractivity contribution in [3.8, 4) is 22.3 Å². The normalized spacial score (nSPS) is 10.0. The van der Waals surface area contributed by atoms with E-state index in [2.05, 4.69) is 150 Å². The quantitative estimate of drug-likeness (QED) is 0.128. The number of benzene rings is 4. The van der Waals surface area contributed by atoms with Gasteiger partial charge in [0.05, 0.1) is 0 Å². The van der Waals surface area contributed by atoms with E-state index in [9.17, 15) is 0 Å². The van der Waals surface area contributed by atoms with Crippen LogP contribution in [0.3, 0.4) is 0 Å². The van der Waals surface area contributed by atoms with Gasteiger partial charge in [-0.25, -0.2) is 0 Å². The van der Waals surface area contributed by atoms with Crippen molar-refractivity contribution < 1.29 is 20.8 Å². The molecule has 0 N–H and O–H groups in total. The van der Waals surface area contributed by atoms with E-state index in [0.717, 1.165) is 9.52 Å². The van der Waals surface area contributed by atoms with E-state index in [4.69, 9.17) is 17.0 Å². The van der Waals surface area contributed by atoms with Gasteiger partial charge in [0.2, 0.25) is 0 Å². The molecule has 0 aliphatic rings. The first-order chi connectivity index (χ1) is 19.3. The minimum atomic E-state index is -0.826. The summed E-state index contributed by atoms with van der Waals surface area (Å²) in [6, 6.07) is 39.2. The van der Waals surface area contributed by atoms with E-state index in [-0.39, 0.29) is 0 Å². The Bertz CT molecular complexity index is 1490. The fourth-order valence-electron chi connectivity index (χ4n) is 4.92. The number of aryl methyl sites for hydroxylation is 4. The van der Waals surface area contributed by atoms with E-state index >= 15 is 0 Å². The minimum absolute atomic E-state index is 0.826. The summed E-state index contributed by atoms with van der Waals surface area (Å²) in [6.07, 6.45) is 0. The van der Waals surface area contributed by atoms with Gasteiger partial charge >= 0.3 is 37.9 Å². The Morgan fingerprint density at radius 2 is 0.875 bits per heavy atom. The molecular weight excluding hydrogens is 623 g/mol. The van der Waals surface area contributed by atoms with Crippen LogP contribution < -0.4 is 0 Å². The maximum atomic E-state index is 4.93. The van der Waals surface area contributed by atoms with Crippen LogP contribution in [0.15, 0.2) is 109 Å². The van der Waals surface area contributed by atoms with Crippen LogP contribution in [0.4, 0.5) is 0 Å². The summed E-state index contributed by atoms with van der Waals surface area (Å²) in [4.78, 5) is 0. The fraction of sp³-hybridized carbons (Fsp3) is 0.167. The van der Waals surface area contributed by atoms with Crippen molar-refractivity contribution in [3.63, 3.8) is 0 Å². The summed E-state index contributed by atoms with van der Waals surface area (Å²) in [6.45, 7) is 13.0. The summed E-state index contributed by atoms with van der Waals surface area (Å²) >= 11 is -0.826. The molecule has 0 fully saturated rings. The Balaban J connectivity index is 0.000000185. The summed E-state index contributed by atoms with van der Waals surface area (Å²) < 4.78 is 0. The van der Waals surface area contributed by atoms with E-state index < -0.39 is 20.8 Å². The molecule has 4 heteroatoms. The molecule has 0 aromatic heterocycles. The zero-order valence-corrected chi connectivity index (χ0v) is 29.1. The maximum absolute atomic E-state index is 4.93. The van der Waals surface area contributed by atoms with E-state index in [0.29, 0.717) is 0 Å². The molecule has 6 aromatic carbocycles. The SMILES string of the molecule is C[Si]C.Cc1cc2c(-c3ccccc3)ccc(C)c2[cH-]1.Cc1cc2c(-c3ccccc3)ccc(C)c2[cH-]1.[Cl][Zr+2][Cl]. The molecule has 6 rings (SSSR count). The monoisotopic (exact) mass is 656 g/mol. The molecule has 0 aliphatic heterocycles. The Morgan fingerprint density at radius 3 is 1.20 bits per heavy atom. The summed E-state index contributed by atoms with van der Waals surface area (Å²) in [5.41, 5.74) is 10.6. The molecule has 2 radical (unpaired) electrons. The van der Waals surface area contributed by atoms with Crippen molar-refractivity contribution in [3.05, 3.63) is 131 Å². The fourth-order valence-corrected chi connectivity index (χ4v) is 4.92. The molecule has 0 saturated carbocycles. The van der Waals surface area contributed by atoms with Gasteiger partial charge in [0.25, 0.3) is 0 Å². The van der Waals surface area contributed by atoms with Crippen molar-refractivity contribution in [2.24, 2.45) is 0 Å². The molecule has 0 aliphatic carbocycles. The van der Waals surface area contributed by atoms with Crippen LogP contribution in [-0.4, -0.2) is 9.52 Å². The van der Waals surface area contributed by atoms with Gasteiger partial charge in [-0.2, -0.15) is 12.1 Å². The molecule has 40 heavy (non-hydrogen) atoms. The summed E-state index contributed by atoms with van der Waals surface area (Å²) in [5, 5.41) is 5.50. The first-order valence-electron chi connectivity index (χ1n) is 13.3. The van der Waals surface area contributed by atoms with Gasteiger partial charge in [0.15, 0.2) is 0 Å². The standard InChI is InChI=1S/2C17H15.C2H6Si.2ClH.Zr/c2*1-12-10-16-13(2)8-9-15(17(16)11-12)14-6-4-3-5-7-14;1-3-2;;;/h2*3-11H,1-2H3;1-2H3;2*1H;/q2*-1;;;;+4/p-2. The van der Waals surface area contributed by atoms with E-state index in [1.165, 1.54) is 66.1 Å². The Morgan fingerprint density at radius 1 is 0.550 bits per heavy atom. The third kappa shape index (κ3) is 8.40. The molecule has 0 spiro atoms. The molecule has 0 heterocycles. The zero-order chi connectivity index (χ0) is 29.1. The van der Waals surface area contributed by atoms with Crippen molar-refractivity contribution in [2.45, 2.75) is 40.8 Å². The summed E-state index contributed by atoms with van der Waals surface area (Å²) in [7, 11) is 11.0. The number of fused-ring (bicyclic) bond motifs is 2. The first-order valence-corrected chi connectivity index (χ1v) is 21.7. The van der Waals surface area contributed by atoms with Crippen LogP contribution in [0, 0.1) is 27.7 Å². The molecular formula is C36H36Cl2SiZr. The van der Waals surface area contributed by atoms with Gasteiger partial charge in [-0.15, -0.1) is 68.1 Å². The van der Waals surface area contributed by atoms with Gasteiger partial charge in [-0.05, 0) is 11.1 Å². The van der Waals surface area contributed by atoms with Gasteiger partial charge < -0.3 is 0 Å². The Labute approximate surface area is 261 Å². The summed E-state index contributed by atoms with van der Waals surface area (Å²) in [5.74, 6) is 0. The van der Waals surface area contributed by atoms with Crippen molar-refractivity contribution in [1.82, 2.24) is 0 Å². The molecule has 0 amide bonds. The first kappa shape index (κ1) is 32.3. The van der Waals surface area contributed by atoms with Crippen LogP contribution in [0.25, 0.3) is 43.8 Å². The predicted molar refractivity (Wildman–Crippen MR) is 178 cm³/mol. The molecule has 0 atom stereocenters. The number of hydrogen-bond donors (Lipinski definition) is 0. The van der Waals surface area contributed by atoms with Gasteiger partial charge in [-0.1, -0.05) is 125 Å². The van der Waals surface area contributed by atoms with Crippen molar-refractivity contribution >= 4 is 48.1 Å². The number of hydrogen-bond acceptors (Lipinski definition) is 0. The van der Waals surface area contributed by atoms with Gasteiger partial charge in [0, 0.05) is 9.52 Å². The second-order valence-electron chi connectivity index (χ2n) is 9.88. The molecule has 6 aromatic rings. The molecule has 0 nitrogen and oxygen atoms in total. The van der Waals surface area contributed by atoms with Crippen LogP contribution in [-0.2, 0) is 20.8 Å². The van der Waals surface area contributed by atoms with Crippen LogP contribution >= 0.6 is 17.0 Å². The Kier molecular flexibility index (Phi) is 13.1. The molecule has 202 valence electrons. The van der Waals surface area contributed by atoms with E-state index in [1.807, 2.05) is 0 Å². The molecule has 0 bridgehead atoms. The Hall–Kier alpha value is -2.22. The second-order valence-corrected chi connectivity index (χ2v) is 14.6. The third-order valence-electron chi connectivity index (χ3n) is 6.67. The topological polar surface area (TPSA) is 0 Å². The molecule has 0 saturated heterocycles. The predicted octanol–water partition coefficient (Wildman–Crippen LogP) is 11.8.